The third-order valence-corrected chi connectivity index (χ3v) is 1.56. The van der Waals surface area contributed by atoms with Crippen LogP contribution in [0.4, 0.5) is 0 Å². The topological polar surface area (TPSA) is 63.7 Å². The van der Waals surface area contributed by atoms with Gasteiger partial charge in [-0.3, -0.25) is 9.59 Å². The largest absolute Gasteiger partial charge is 0.331 e. The van der Waals surface area contributed by atoms with Gasteiger partial charge in [0.2, 0.25) is 0 Å². The normalized spacial score (nSPS) is 15.3. The van der Waals surface area contributed by atoms with Crippen molar-refractivity contribution >= 4 is 17.8 Å². The molecule has 15 heavy (non-hydrogen) atoms. The number of nitrogens with zero attached hydrogens (tertiary/aromatic N) is 1. The first-order chi connectivity index (χ1) is 7.02. The minimum Gasteiger partial charge on any atom is -0.331 e. The first-order valence-electron chi connectivity index (χ1n) is 4.64. The molecule has 1 rings (SSSR count). The van der Waals surface area contributed by atoms with Crippen LogP contribution in [0.2, 0.25) is 0 Å². The number of carbonyl (C=O) groups excluding carboxylic acids is 3. The monoisotopic (exact) mass is 213 g/mol. The summed E-state index contributed by atoms with van der Waals surface area (Å²) in [4.78, 5) is 36.1. The Kier molecular flexibility index (Phi) is 6.01. The standard InChI is InChI=1S/C6H7NO4.C4H8/c1-4(8)11-7-5(9)2-3-6(7)10;1-3-4-2/h2-3H2,1H3;3-4H,1-2H3/b;4-3-. The van der Waals surface area contributed by atoms with Crippen molar-refractivity contribution in [3.63, 3.8) is 0 Å². The van der Waals surface area contributed by atoms with Gasteiger partial charge in [-0.25, -0.2) is 4.79 Å². The van der Waals surface area contributed by atoms with E-state index >= 15 is 0 Å². The van der Waals surface area contributed by atoms with Crippen LogP contribution in [0.5, 0.6) is 0 Å². The Bertz CT molecular complexity index is 263. The zero-order chi connectivity index (χ0) is 11.8. The molecule has 5 heteroatoms. The summed E-state index contributed by atoms with van der Waals surface area (Å²) in [5, 5.41) is 0.516. The van der Waals surface area contributed by atoms with Crippen LogP contribution in [0.3, 0.4) is 0 Å². The van der Waals surface area contributed by atoms with Gasteiger partial charge in [0, 0.05) is 19.8 Å². The van der Waals surface area contributed by atoms with Crippen molar-refractivity contribution in [3.05, 3.63) is 12.2 Å². The molecule has 0 bridgehead atoms. The Hall–Kier alpha value is -1.65. The molecule has 0 aromatic carbocycles. The maximum Gasteiger partial charge on any atom is 0.330 e. The van der Waals surface area contributed by atoms with E-state index in [0.717, 1.165) is 6.92 Å². The van der Waals surface area contributed by atoms with Gasteiger partial charge in [0.05, 0.1) is 0 Å². The van der Waals surface area contributed by atoms with E-state index < -0.39 is 17.8 Å². The van der Waals surface area contributed by atoms with Gasteiger partial charge < -0.3 is 4.84 Å². The minimum atomic E-state index is -0.659. The lowest BCUT2D eigenvalue weighted by Gasteiger charge is -2.09. The number of imide groups is 1. The summed E-state index contributed by atoms with van der Waals surface area (Å²) in [5.74, 6) is -1.57. The number of rotatable bonds is 1. The highest BCUT2D eigenvalue weighted by atomic mass is 16.7. The number of hydrogen-bond donors (Lipinski definition) is 0. The van der Waals surface area contributed by atoms with Crippen molar-refractivity contribution < 1.29 is 19.2 Å². The number of allylic oxidation sites excluding steroid dienone is 2. The fraction of sp³-hybridized carbons (Fsp3) is 0.500. The first kappa shape index (κ1) is 13.4. The molecule has 1 heterocycles. The van der Waals surface area contributed by atoms with Crippen LogP contribution in [-0.2, 0) is 19.2 Å². The zero-order valence-corrected chi connectivity index (χ0v) is 9.15. The van der Waals surface area contributed by atoms with E-state index in [1.165, 1.54) is 0 Å². The van der Waals surface area contributed by atoms with Crippen LogP contribution >= 0.6 is 0 Å². The van der Waals surface area contributed by atoms with Crippen molar-refractivity contribution in [1.82, 2.24) is 5.06 Å². The van der Waals surface area contributed by atoms with Crippen LogP contribution < -0.4 is 0 Å². The Morgan fingerprint density at radius 2 is 1.60 bits per heavy atom. The predicted molar refractivity (Wildman–Crippen MR) is 53.3 cm³/mol. The Labute approximate surface area is 88.6 Å². The van der Waals surface area contributed by atoms with Crippen LogP contribution in [-0.4, -0.2) is 22.8 Å². The molecule has 0 aromatic rings. The van der Waals surface area contributed by atoms with Gasteiger partial charge in [-0.05, 0) is 13.8 Å². The molecule has 0 spiro atoms. The summed E-state index contributed by atoms with van der Waals surface area (Å²) in [6, 6.07) is 0. The van der Waals surface area contributed by atoms with Crippen molar-refractivity contribution in [1.29, 1.82) is 0 Å². The molecule has 0 unspecified atom stereocenters. The molecule has 0 atom stereocenters. The van der Waals surface area contributed by atoms with Crippen molar-refractivity contribution in [2.45, 2.75) is 33.6 Å². The van der Waals surface area contributed by atoms with E-state index in [4.69, 9.17) is 0 Å². The number of amides is 2. The van der Waals surface area contributed by atoms with Crippen molar-refractivity contribution in [2.75, 3.05) is 0 Å². The van der Waals surface area contributed by atoms with E-state index in [0.29, 0.717) is 5.06 Å². The van der Waals surface area contributed by atoms with E-state index in [9.17, 15) is 14.4 Å². The summed E-state index contributed by atoms with van der Waals surface area (Å²) in [5.41, 5.74) is 0. The molecule has 0 aromatic heterocycles. The first-order valence-corrected chi connectivity index (χ1v) is 4.64. The van der Waals surface area contributed by atoms with Crippen molar-refractivity contribution in [3.8, 4) is 0 Å². The molecule has 1 aliphatic heterocycles. The van der Waals surface area contributed by atoms with Gasteiger partial charge in [0.25, 0.3) is 11.8 Å². The number of carbonyl (C=O) groups is 3. The lowest BCUT2D eigenvalue weighted by Crippen LogP contribution is -2.30. The van der Waals surface area contributed by atoms with Crippen LogP contribution in [0.1, 0.15) is 33.6 Å². The highest BCUT2D eigenvalue weighted by Crippen LogP contribution is 2.11. The quantitative estimate of drug-likeness (QED) is 0.485. The highest BCUT2D eigenvalue weighted by molar-refractivity contribution is 6.01. The Morgan fingerprint density at radius 3 is 1.87 bits per heavy atom. The molecule has 0 aliphatic carbocycles. The van der Waals surface area contributed by atoms with E-state index in [2.05, 4.69) is 4.84 Å². The summed E-state index contributed by atoms with van der Waals surface area (Å²) in [6.45, 7) is 5.14. The van der Waals surface area contributed by atoms with Crippen LogP contribution in [0, 0.1) is 0 Å². The van der Waals surface area contributed by atoms with Gasteiger partial charge in [-0.15, -0.1) is 5.06 Å². The molecule has 0 radical (unpaired) electrons. The molecule has 5 nitrogen and oxygen atoms in total. The average molecular weight is 213 g/mol. The molecule has 2 amide bonds. The SMILES string of the molecule is C/C=C\C.CC(=O)ON1C(=O)CCC1=O. The van der Waals surface area contributed by atoms with Crippen LogP contribution in [0.15, 0.2) is 12.2 Å². The van der Waals surface area contributed by atoms with Gasteiger partial charge in [0.1, 0.15) is 0 Å². The second kappa shape index (κ2) is 6.75. The fourth-order valence-electron chi connectivity index (χ4n) is 0.786. The Morgan fingerprint density at radius 1 is 1.20 bits per heavy atom. The summed E-state index contributed by atoms with van der Waals surface area (Å²) in [6.07, 6.45) is 4.26. The molecule has 84 valence electrons. The maximum atomic E-state index is 10.7. The number of hydrogen-bond acceptors (Lipinski definition) is 4. The summed E-state index contributed by atoms with van der Waals surface area (Å²) in [7, 11) is 0. The Balaban J connectivity index is 0.000000423. The lowest BCUT2D eigenvalue weighted by atomic mass is 10.4. The fourth-order valence-corrected chi connectivity index (χ4v) is 0.786. The molecule has 1 saturated heterocycles. The smallest absolute Gasteiger partial charge is 0.330 e. The van der Waals surface area contributed by atoms with Crippen molar-refractivity contribution in [2.24, 2.45) is 0 Å². The molecule has 0 saturated carbocycles. The van der Waals surface area contributed by atoms with Gasteiger partial charge in [-0.1, -0.05) is 12.2 Å². The van der Waals surface area contributed by atoms with E-state index in [-0.39, 0.29) is 12.8 Å². The second-order valence-corrected chi connectivity index (χ2v) is 2.83. The van der Waals surface area contributed by atoms with Gasteiger partial charge in [0.15, 0.2) is 0 Å². The number of hydroxylamine groups is 2. The molecule has 1 aliphatic rings. The van der Waals surface area contributed by atoms with E-state index in [1.54, 1.807) is 0 Å². The predicted octanol–water partition coefficient (Wildman–Crippen LogP) is 1.20. The molecular weight excluding hydrogens is 198 g/mol. The highest BCUT2D eigenvalue weighted by Gasteiger charge is 2.31. The summed E-state index contributed by atoms with van der Waals surface area (Å²) < 4.78 is 0. The average Bonchev–Trinajstić information content (AvgIpc) is 2.49. The third-order valence-electron chi connectivity index (χ3n) is 1.56. The third kappa shape index (κ3) is 4.95. The maximum absolute atomic E-state index is 10.7. The van der Waals surface area contributed by atoms with Crippen LogP contribution in [0.25, 0.3) is 0 Å². The van der Waals surface area contributed by atoms with E-state index in [1.807, 2.05) is 26.0 Å². The van der Waals surface area contributed by atoms with Gasteiger partial charge >= 0.3 is 5.97 Å². The van der Waals surface area contributed by atoms with Gasteiger partial charge in [-0.2, -0.15) is 0 Å². The molecule has 1 fully saturated rings. The zero-order valence-electron chi connectivity index (χ0n) is 9.15. The molecule has 0 N–H and O–H groups in total. The lowest BCUT2D eigenvalue weighted by molar-refractivity contribution is -0.195. The summed E-state index contributed by atoms with van der Waals surface area (Å²) >= 11 is 0. The molecular formula is C10H15NO4. The minimum absolute atomic E-state index is 0.131. The second-order valence-electron chi connectivity index (χ2n) is 2.83.